The highest BCUT2D eigenvalue weighted by molar-refractivity contribution is 6.06. The van der Waals surface area contributed by atoms with E-state index in [1.54, 1.807) is 0 Å². The van der Waals surface area contributed by atoms with Gasteiger partial charge in [0.25, 0.3) is 0 Å². The van der Waals surface area contributed by atoms with Gasteiger partial charge in [0.05, 0.1) is 11.8 Å². The molecule has 6 heteroatoms. The Kier molecular flexibility index (Phi) is 3.33. The maximum atomic E-state index is 12.9. The highest BCUT2D eigenvalue weighted by Gasteiger charge is 2.66. The summed E-state index contributed by atoms with van der Waals surface area (Å²) in [5.41, 5.74) is 0.492. The van der Waals surface area contributed by atoms with E-state index in [1.165, 1.54) is 29.2 Å². The minimum atomic E-state index is -0.375. The Bertz CT molecular complexity index is 798. The Morgan fingerprint density at radius 2 is 1.62 bits per heavy atom. The van der Waals surface area contributed by atoms with Crippen LogP contribution in [0.5, 0.6) is 0 Å². The Morgan fingerprint density at radius 3 is 2.19 bits per heavy atom. The van der Waals surface area contributed by atoms with E-state index in [9.17, 15) is 18.8 Å². The fourth-order valence-corrected chi connectivity index (χ4v) is 5.21. The van der Waals surface area contributed by atoms with Crippen LogP contribution in [0.25, 0.3) is 0 Å². The number of benzene rings is 1. The second-order valence-corrected chi connectivity index (χ2v) is 7.79. The van der Waals surface area contributed by atoms with Crippen LogP contribution in [0.3, 0.4) is 0 Å². The number of nitrogens with one attached hydrogen (secondary N) is 1. The summed E-state index contributed by atoms with van der Waals surface area (Å²) in [5, 5.41) is 2.66. The number of imide groups is 1. The van der Waals surface area contributed by atoms with Gasteiger partial charge in [-0.3, -0.25) is 19.3 Å². The molecule has 0 radical (unpaired) electrons. The van der Waals surface area contributed by atoms with Gasteiger partial charge in [0.15, 0.2) is 0 Å². The van der Waals surface area contributed by atoms with Crippen LogP contribution in [-0.4, -0.2) is 29.2 Å². The normalized spacial score (nSPS) is 36.1. The molecular formula is C20H19FN2O3. The molecule has 5 nitrogen and oxygen atoms in total. The van der Waals surface area contributed by atoms with E-state index < -0.39 is 0 Å². The first-order valence-electron chi connectivity index (χ1n) is 9.13. The van der Waals surface area contributed by atoms with Gasteiger partial charge in [-0.05, 0) is 54.4 Å². The number of carbonyl (C=O) groups is 3. The van der Waals surface area contributed by atoms with Crippen molar-refractivity contribution >= 4 is 23.4 Å². The van der Waals surface area contributed by atoms with E-state index >= 15 is 0 Å². The molecule has 2 saturated carbocycles. The fraction of sp³-hybridized carbons (Fsp3) is 0.450. The van der Waals surface area contributed by atoms with Gasteiger partial charge >= 0.3 is 0 Å². The quantitative estimate of drug-likeness (QED) is 0.666. The van der Waals surface area contributed by atoms with Crippen molar-refractivity contribution in [1.29, 1.82) is 0 Å². The van der Waals surface area contributed by atoms with E-state index in [1.807, 2.05) is 0 Å². The lowest BCUT2D eigenvalue weighted by Gasteiger charge is -2.37. The van der Waals surface area contributed by atoms with E-state index in [2.05, 4.69) is 17.5 Å². The van der Waals surface area contributed by atoms with Crippen molar-refractivity contribution in [3.63, 3.8) is 0 Å². The standard InChI is InChI=1S/C20H19FN2O3/c21-10-1-3-11(4-2-10)22-16(24)7-8-23-19(25)17-12-5-6-13(15-9-14(12)15)18(17)20(23)26/h1-6,12-15,17-18H,7-9H2,(H,22,24)/t12-,13+,14-,15+,17+,18-. The SMILES string of the molecule is O=C(CCN1C(=O)[C@@H]2[C@H]3C=C[C@H]([C@H]4C[C@@H]34)[C@@H]2C1=O)Nc1ccc(F)cc1. The third kappa shape index (κ3) is 2.24. The first kappa shape index (κ1) is 15.7. The molecule has 4 aliphatic carbocycles. The molecule has 5 aliphatic rings. The molecule has 0 aromatic heterocycles. The molecule has 134 valence electrons. The van der Waals surface area contributed by atoms with E-state index in [-0.39, 0.29) is 60.2 Å². The molecule has 26 heavy (non-hydrogen) atoms. The predicted molar refractivity (Wildman–Crippen MR) is 91.1 cm³/mol. The fourth-order valence-electron chi connectivity index (χ4n) is 5.21. The molecule has 3 amide bonds. The Balaban J connectivity index is 1.24. The van der Waals surface area contributed by atoms with Crippen molar-refractivity contribution < 1.29 is 18.8 Å². The Labute approximate surface area is 150 Å². The van der Waals surface area contributed by atoms with Gasteiger partial charge < -0.3 is 5.32 Å². The summed E-state index contributed by atoms with van der Waals surface area (Å²) in [6.45, 7) is 0.104. The lowest BCUT2D eigenvalue weighted by molar-refractivity contribution is -0.140. The summed E-state index contributed by atoms with van der Waals surface area (Å²) in [5.74, 6) is 0.209. The van der Waals surface area contributed by atoms with Crippen LogP contribution in [-0.2, 0) is 14.4 Å². The van der Waals surface area contributed by atoms with Gasteiger partial charge in [0, 0.05) is 18.7 Å². The molecule has 1 saturated heterocycles. The third-order valence-electron chi connectivity index (χ3n) is 6.44. The van der Waals surface area contributed by atoms with Crippen molar-refractivity contribution in [2.75, 3.05) is 11.9 Å². The number of halogens is 1. The molecule has 6 atom stereocenters. The molecule has 1 heterocycles. The minimum absolute atomic E-state index is 0.0456. The van der Waals surface area contributed by atoms with Gasteiger partial charge in [-0.2, -0.15) is 0 Å². The van der Waals surface area contributed by atoms with Crippen LogP contribution in [0.4, 0.5) is 10.1 Å². The second kappa shape index (κ2) is 5.50. The number of rotatable bonds is 4. The monoisotopic (exact) mass is 354 g/mol. The summed E-state index contributed by atoms with van der Waals surface area (Å²) in [7, 11) is 0. The molecular weight excluding hydrogens is 335 g/mol. The van der Waals surface area contributed by atoms with Crippen LogP contribution in [0.1, 0.15) is 12.8 Å². The van der Waals surface area contributed by atoms with Crippen molar-refractivity contribution in [2.24, 2.45) is 35.5 Å². The first-order chi connectivity index (χ1) is 12.5. The summed E-state index contributed by atoms with van der Waals surface area (Å²) in [4.78, 5) is 39.0. The topological polar surface area (TPSA) is 66.5 Å². The summed E-state index contributed by atoms with van der Waals surface area (Å²) < 4.78 is 12.9. The highest BCUT2D eigenvalue weighted by atomic mass is 19.1. The first-order valence-corrected chi connectivity index (χ1v) is 9.13. The summed E-state index contributed by atoms with van der Waals surface area (Å²) in [6, 6.07) is 5.48. The number of anilines is 1. The van der Waals surface area contributed by atoms with Crippen molar-refractivity contribution in [1.82, 2.24) is 4.90 Å². The molecule has 6 rings (SSSR count). The number of allylic oxidation sites excluding steroid dienone is 2. The molecule has 0 spiro atoms. The largest absolute Gasteiger partial charge is 0.326 e. The molecule has 1 aromatic rings. The predicted octanol–water partition coefficient (Wildman–Crippen LogP) is 2.21. The summed E-state index contributed by atoms with van der Waals surface area (Å²) >= 11 is 0. The number of nitrogens with zero attached hydrogens (tertiary/aromatic N) is 1. The molecule has 1 N–H and O–H groups in total. The minimum Gasteiger partial charge on any atom is -0.326 e. The molecule has 1 aliphatic heterocycles. The van der Waals surface area contributed by atoms with Crippen molar-refractivity contribution in [2.45, 2.75) is 12.8 Å². The van der Waals surface area contributed by atoms with Gasteiger partial charge in [-0.15, -0.1) is 0 Å². The van der Waals surface area contributed by atoms with E-state index in [0.29, 0.717) is 17.5 Å². The number of likely N-dealkylation sites (tertiary alicyclic amines) is 1. The molecule has 1 aromatic carbocycles. The molecule has 0 unspecified atom stereocenters. The maximum Gasteiger partial charge on any atom is 0.233 e. The van der Waals surface area contributed by atoms with Crippen molar-refractivity contribution in [3.05, 3.63) is 42.2 Å². The van der Waals surface area contributed by atoms with Crippen LogP contribution in [0.15, 0.2) is 36.4 Å². The number of amides is 3. The van der Waals surface area contributed by atoms with Gasteiger partial charge in [-0.1, -0.05) is 12.2 Å². The van der Waals surface area contributed by atoms with Gasteiger partial charge in [0.1, 0.15) is 5.82 Å². The Morgan fingerprint density at radius 1 is 1.04 bits per heavy atom. The lowest BCUT2D eigenvalue weighted by atomic mass is 9.63. The van der Waals surface area contributed by atoms with Crippen LogP contribution in [0.2, 0.25) is 0 Å². The van der Waals surface area contributed by atoms with Crippen LogP contribution < -0.4 is 5.32 Å². The van der Waals surface area contributed by atoms with Crippen LogP contribution in [0, 0.1) is 41.3 Å². The lowest BCUT2D eigenvalue weighted by Crippen LogP contribution is -2.40. The van der Waals surface area contributed by atoms with E-state index in [0.717, 1.165) is 6.42 Å². The van der Waals surface area contributed by atoms with Crippen LogP contribution >= 0.6 is 0 Å². The number of hydrogen-bond donors (Lipinski definition) is 1. The van der Waals surface area contributed by atoms with Crippen molar-refractivity contribution in [3.8, 4) is 0 Å². The summed E-state index contributed by atoms with van der Waals surface area (Å²) in [6.07, 6.45) is 5.45. The van der Waals surface area contributed by atoms with E-state index in [4.69, 9.17) is 0 Å². The molecule has 2 bridgehead atoms. The zero-order valence-electron chi connectivity index (χ0n) is 14.1. The number of hydrogen-bond acceptors (Lipinski definition) is 3. The maximum absolute atomic E-state index is 12.9. The average Bonchev–Trinajstić information content (AvgIpc) is 3.41. The zero-order chi connectivity index (χ0) is 18.0. The van der Waals surface area contributed by atoms with Gasteiger partial charge in [0.2, 0.25) is 17.7 Å². The highest BCUT2D eigenvalue weighted by Crippen LogP contribution is 2.65. The third-order valence-corrected chi connectivity index (χ3v) is 6.44. The molecule has 3 fully saturated rings. The number of carbonyl (C=O) groups excluding carboxylic acids is 3. The average molecular weight is 354 g/mol. The Hall–Kier alpha value is -2.50. The zero-order valence-corrected chi connectivity index (χ0v) is 14.1. The smallest absolute Gasteiger partial charge is 0.233 e. The second-order valence-electron chi connectivity index (χ2n) is 7.79. The van der Waals surface area contributed by atoms with Gasteiger partial charge in [-0.25, -0.2) is 4.39 Å².